The summed E-state index contributed by atoms with van der Waals surface area (Å²) >= 11 is 9.66. The third kappa shape index (κ3) is 5.15. The summed E-state index contributed by atoms with van der Waals surface area (Å²) in [5, 5.41) is 3.99. The largest absolute Gasteiger partial charge is 0.308 e. The highest BCUT2D eigenvalue weighted by atomic mass is 79.9. The van der Waals surface area contributed by atoms with Crippen LogP contribution in [0.2, 0.25) is 5.02 Å². The summed E-state index contributed by atoms with van der Waals surface area (Å²) in [5.41, 5.74) is 1.77. The highest BCUT2D eigenvalue weighted by molar-refractivity contribution is 9.10. The number of ketones is 1. The number of carbonyl (C=O) groups is 1. The van der Waals surface area contributed by atoms with Crippen molar-refractivity contribution in [1.82, 2.24) is 10.2 Å². The quantitative estimate of drug-likeness (QED) is 0.714. The molecule has 122 valence electrons. The molecule has 0 saturated carbocycles. The van der Waals surface area contributed by atoms with Gasteiger partial charge in [0, 0.05) is 27.6 Å². The normalized spacial score (nSPS) is 12.4. The molecular formula is C18H20BrClN2O. The lowest BCUT2D eigenvalue weighted by Crippen LogP contribution is -2.34. The molecule has 0 aliphatic carbocycles. The molecule has 0 bridgehead atoms. The molecule has 23 heavy (non-hydrogen) atoms. The van der Waals surface area contributed by atoms with Crippen LogP contribution < -0.4 is 5.32 Å². The summed E-state index contributed by atoms with van der Waals surface area (Å²) in [4.78, 5) is 14.3. The SMILES string of the molecule is CN(C)C(CNCC(=O)c1ccc(Br)cc1)c1ccccc1Cl. The van der Waals surface area contributed by atoms with Crippen molar-refractivity contribution in [2.75, 3.05) is 27.2 Å². The Morgan fingerprint density at radius 2 is 1.83 bits per heavy atom. The monoisotopic (exact) mass is 394 g/mol. The molecule has 0 saturated heterocycles. The summed E-state index contributed by atoms with van der Waals surface area (Å²) in [6.45, 7) is 0.954. The van der Waals surface area contributed by atoms with Gasteiger partial charge in [0.25, 0.3) is 0 Å². The van der Waals surface area contributed by atoms with Crippen LogP contribution in [-0.2, 0) is 0 Å². The lowest BCUT2D eigenvalue weighted by Gasteiger charge is -2.26. The standard InChI is InChI=1S/C18H20BrClN2O/c1-22(2)17(15-5-3-4-6-16(15)20)11-21-12-18(23)13-7-9-14(19)10-8-13/h3-10,17,21H,11-12H2,1-2H3. The lowest BCUT2D eigenvalue weighted by atomic mass is 10.1. The van der Waals surface area contributed by atoms with Crippen molar-refractivity contribution < 1.29 is 4.79 Å². The molecule has 2 aromatic carbocycles. The van der Waals surface area contributed by atoms with E-state index in [0.717, 1.165) is 15.1 Å². The Bertz CT molecular complexity index is 658. The fourth-order valence-electron chi connectivity index (χ4n) is 2.38. The van der Waals surface area contributed by atoms with Gasteiger partial charge in [-0.15, -0.1) is 0 Å². The number of nitrogens with zero attached hydrogens (tertiary/aromatic N) is 1. The molecule has 0 aliphatic rings. The second-order valence-electron chi connectivity index (χ2n) is 5.56. The fraction of sp³-hybridized carbons (Fsp3) is 0.278. The second kappa shape index (κ2) is 8.60. The summed E-state index contributed by atoms with van der Waals surface area (Å²) in [5.74, 6) is 0.0779. The predicted octanol–water partition coefficient (Wildman–Crippen LogP) is 4.18. The van der Waals surface area contributed by atoms with E-state index in [1.165, 1.54) is 0 Å². The van der Waals surface area contributed by atoms with Gasteiger partial charge in [0.1, 0.15) is 0 Å². The Morgan fingerprint density at radius 3 is 2.43 bits per heavy atom. The number of rotatable bonds is 7. The van der Waals surface area contributed by atoms with E-state index in [1.807, 2.05) is 62.6 Å². The third-order valence-electron chi connectivity index (χ3n) is 3.68. The van der Waals surface area contributed by atoms with Crippen LogP contribution in [0.5, 0.6) is 0 Å². The zero-order valence-electron chi connectivity index (χ0n) is 13.2. The number of Topliss-reactive ketones (excluding diaryl/α,β-unsaturated/α-hetero) is 1. The van der Waals surface area contributed by atoms with Crippen molar-refractivity contribution in [2.24, 2.45) is 0 Å². The van der Waals surface area contributed by atoms with E-state index in [4.69, 9.17) is 11.6 Å². The van der Waals surface area contributed by atoms with Crippen molar-refractivity contribution >= 4 is 33.3 Å². The van der Waals surface area contributed by atoms with Gasteiger partial charge in [-0.1, -0.05) is 57.9 Å². The molecule has 0 heterocycles. The van der Waals surface area contributed by atoms with Gasteiger partial charge >= 0.3 is 0 Å². The third-order valence-corrected chi connectivity index (χ3v) is 4.55. The van der Waals surface area contributed by atoms with E-state index >= 15 is 0 Å². The van der Waals surface area contributed by atoms with Crippen molar-refractivity contribution in [2.45, 2.75) is 6.04 Å². The van der Waals surface area contributed by atoms with Gasteiger partial charge in [0.2, 0.25) is 0 Å². The Morgan fingerprint density at radius 1 is 1.17 bits per heavy atom. The van der Waals surface area contributed by atoms with Crippen molar-refractivity contribution in [3.8, 4) is 0 Å². The van der Waals surface area contributed by atoms with E-state index in [9.17, 15) is 4.79 Å². The van der Waals surface area contributed by atoms with E-state index in [1.54, 1.807) is 0 Å². The molecule has 0 aliphatic heterocycles. The van der Waals surface area contributed by atoms with Crippen LogP contribution in [0.3, 0.4) is 0 Å². The Labute approximate surface area is 150 Å². The molecule has 1 N–H and O–H groups in total. The molecule has 5 heteroatoms. The van der Waals surface area contributed by atoms with Crippen LogP contribution in [0.15, 0.2) is 53.0 Å². The first-order valence-corrected chi connectivity index (χ1v) is 8.56. The number of halogens is 2. The highest BCUT2D eigenvalue weighted by Crippen LogP contribution is 2.25. The van der Waals surface area contributed by atoms with Crippen molar-refractivity contribution in [1.29, 1.82) is 0 Å². The minimum absolute atomic E-state index is 0.0779. The molecule has 0 spiro atoms. The number of hydrogen-bond acceptors (Lipinski definition) is 3. The van der Waals surface area contributed by atoms with Crippen LogP contribution in [0.1, 0.15) is 22.0 Å². The zero-order valence-corrected chi connectivity index (χ0v) is 15.6. The molecule has 0 fully saturated rings. The minimum atomic E-state index is 0.0779. The van der Waals surface area contributed by atoms with Crippen molar-refractivity contribution in [3.63, 3.8) is 0 Å². The smallest absolute Gasteiger partial charge is 0.176 e. The Balaban J connectivity index is 1.96. The summed E-state index contributed by atoms with van der Waals surface area (Å²) in [7, 11) is 4.01. The van der Waals surface area contributed by atoms with Crippen LogP contribution in [0.4, 0.5) is 0 Å². The number of benzene rings is 2. The first-order valence-electron chi connectivity index (χ1n) is 7.39. The molecule has 0 aromatic heterocycles. The second-order valence-corrected chi connectivity index (χ2v) is 6.88. The van der Waals surface area contributed by atoms with Gasteiger partial charge < -0.3 is 10.2 Å². The fourth-order valence-corrected chi connectivity index (χ4v) is 2.90. The Kier molecular flexibility index (Phi) is 6.78. The maximum absolute atomic E-state index is 12.2. The van der Waals surface area contributed by atoms with Crippen molar-refractivity contribution in [3.05, 3.63) is 69.2 Å². The molecule has 3 nitrogen and oxygen atoms in total. The maximum atomic E-state index is 12.2. The van der Waals surface area contributed by atoms with Gasteiger partial charge in [0.15, 0.2) is 5.78 Å². The minimum Gasteiger partial charge on any atom is -0.308 e. The highest BCUT2D eigenvalue weighted by Gasteiger charge is 2.17. The van der Waals surface area contributed by atoms with E-state index in [0.29, 0.717) is 18.7 Å². The zero-order chi connectivity index (χ0) is 16.8. The number of nitrogens with one attached hydrogen (secondary N) is 1. The number of hydrogen-bond donors (Lipinski definition) is 1. The van der Waals surface area contributed by atoms with Crippen LogP contribution >= 0.6 is 27.5 Å². The first kappa shape index (κ1) is 18.1. The van der Waals surface area contributed by atoms with E-state index in [-0.39, 0.29) is 11.8 Å². The maximum Gasteiger partial charge on any atom is 0.176 e. The average molecular weight is 396 g/mol. The molecule has 2 rings (SSSR count). The predicted molar refractivity (Wildman–Crippen MR) is 99.2 cm³/mol. The molecule has 0 amide bonds. The summed E-state index contributed by atoms with van der Waals surface area (Å²) < 4.78 is 0.966. The summed E-state index contributed by atoms with van der Waals surface area (Å²) in [6, 6.07) is 15.3. The lowest BCUT2D eigenvalue weighted by molar-refractivity contribution is 0.0988. The molecule has 0 radical (unpaired) electrons. The van der Waals surface area contributed by atoms with Gasteiger partial charge in [0.05, 0.1) is 6.54 Å². The number of likely N-dealkylation sites (N-methyl/N-ethyl adjacent to an activating group) is 1. The van der Waals surface area contributed by atoms with Crippen LogP contribution in [0.25, 0.3) is 0 Å². The van der Waals surface area contributed by atoms with E-state index in [2.05, 4.69) is 26.1 Å². The summed E-state index contributed by atoms with van der Waals surface area (Å²) in [6.07, 6.45) is 0. The van der Waals surface area contributed by atoms with Gasteiger partial charge in [-0.2, -0.15) is 0 Å². The van der Waals surface area contributed by atoms with Gasteiger partial charge in [-0.05, 0) is 37.9 Å². The van der Waals surface area contributed by atoms with Gasteiger partial charge in [-0.25, -0.2) is 0 Å². The first-order chi connectivity index (χ1) is 11.0. The topological polar surface area (TPSA) is 32.3 Å². The Hall–Kier alpha value is -1.20. The molecule has 2 aromatic rings. The van der Waals surface area contributed by atoms with E-state index < -0.39 is 0 Å². The van der Waals surface area contributed by atoms with Crippen LogP contribution in [0, 0.1) is 0 Å². The molecule has 1 unspecified atom stereocenters. The number of carbonyl (C=O) groups excluding carboxylic acids is 1. The molecular weight excluding hydrogens is 376 g/mol. The molecule has 1 atom stereocenters. The van der Waals surface area contributed by atoms with Crippen LogP contribution in [-0.4, -0.2) is 37.9 Å². The van der Waals surface area contributed by atoms with Gasteiger partial charge in [-0.3, -0.25) is 4.79 Å². The average Bonchev–Trinajstić information content (AvgIpc) is 2.53.